The van der Waals surface area contributed by atoms with Crippen LogP contribution < -0.4 is 16.0 Å². The number of rotatable bonds is 7. The van der Waals surface area contributed by atoms with E-state index in [0.29, 0.717) is 17.8 Å². The molecule has 0 aliphatic heterocycles. The number of anilines is 3. The molecule has 5 nitrogen and oxygen atoms in total. The molecule has 2 aromatic carbocycles. The van der Waals surface area contributed by atoms with Crippen LogP contribution in [0.5, 0.6) is 0 Å². The summed E-state index contributed by atoms with van der Waals surface area (Å²) in [6.07, 6.45) is 0.434. The molecule has 0 aromatic heterocycles. The van der Waals surface area contributed by atoms with Crippen LogP contribution in [0.2, 0.25) is 0 Å². The standard InChI is InChI=1S/C20H23F2N3O2/c1-12(2)11-18(26)24-15-9-7-14(8-10-15)23-13(3)20(27)25-19-16(21)5-4-6-17(19)22/h4-10,12-13,23H,11H2,1-3H3,(H,24,26)(H,25,27). The minimum atomic E-state index is -0.836. The van der Waals surface area contributed by atoms with E-state index in [0.717, 1.165) is 12.1 Å². The lowest BCUT2D eigenvalue weighted by Gasteiger charge is -2.16. The van der Waals surface area contributed by atoms with Gasteiger partial charge in [0.15, 0.2) is 0 Å². The Balaban J connectivity index is 1.94. The molecule has 0 saturated carbocycles. The van der Waals surface area contributed by atoms with Gasteiger partial charge in [-0.05, 0) is 49.2 Å². The number of para-hydroxylation sites is 1. The number of carbonyl (C=O) groups excluding carboxylic acids is 2. The molecule has 0 spiro atoms. The first kappa shape index (κ1) is 20.4. The number of halogens is 2. The molecule has 0 bridgehead atoms. The van der Waals surface area contributed by atoms with E-state index in [-0.39, 0.29) is 11.8 Å². The Morgan fingerprint density at radius 3 is 2.00 bits per heavy atom. The fourth-order valence-electron chi connectivity index (χ4n) is 2.40. The monoisotopic (exact) mass is 375 g/mol. The Labute approximate surface area is 157 Å². The van der Waals surface area contributed by atoms with Gasteiger partial charge in [-0.1, -0.05) is 19.9 Å². The van der Waals surface area contributed by atoms with Gasteiger partial charge in [-0.3, -0.25) is 9.59 Å². The van der Waals surface area contributed by atoms with Crippen LogP contribution in [0, 0.1) is 17.6 Å². The van der Waals surface area contributed by atoms with Crippen LogP contribution in [-0.4, -0.2) is 17.9 Å². The molecule has 0 radical (unpaired) electrons. The Hall–Kier alpha value is -2.96. The van der Waals surface area contributed by atoms with E-state index < -0.39 is 29.3 Å². The summed E-state index contributed by atoms with van der Waals surface area (Å²) in [5, 5.41) is 7.98. The van der Waals surface area contributed by atoms with Crippen molar-refractivity contribution in [1.82, 2.24) is 0 Å². The van der Waals surface area contributed by atoms with Crippen molar-refractivity contribution in [2.45, 2.75) is 33.2 Å². The van der Waals surface area contributed by atoms with Gasteiger partial charge in [0.25, 0.3) is 0 Å². The molecular weight excluding hydrogens is 352 g/mol. The van der Waals surface area contributed by atoms with Crippen LogP contribution in [0.15, 0.2) is 42.5 Å². The first-order chi connectivity index (χ1) is 12.8. The molecule has 2 aromatic rings. The van der Waals surface area contributed by atoms with Gasteiger partial charge in [-0.15, -0.1) is 0 Å². The summed E-state index contributed by atoms with van der Waals surface area (Å²) in [4.78, 5) is 23.9. The maximum absolute atomic E-state index is 13.6. The topological polar surface area (TPSA) is 70.2 Å². The molecule has 0 aliphatic carbocycles. The fraction of sp³-hybridized carbons (Fsp3) is 0.300. The van der Waals surface area contributed by atoms with Gasteiger partial charge < -0.3 is 16.0 Å². The van der Waals surface area contributed by atoms with Crippen LogP contribution in [0.25, 0.3) is 0 Å². The van der Waals surface area contributed by atoms with Crippen molar-refractivity contribution in [2.24, 2.45) is 5.92 Å². The van der Waals surface area contributed by atoms with Gasteiger partial charge in [-0.2, -0.15) is 0 Å². The number of nitrogens with one attached hydrogen (secondary N) is 3. The summed E-state index contributed by atoms with van der Waals surface area (Å²) >= 11 is 0. The lowest BCUT2D eigenvalue weighted by atomic mass is 10.1. The quantitative estimate of drug-likeness (QED) is 0.672. The van der Waals surface area contributed by atoms with Crippen LogP contribution >= 0.6 is 0 Å². The van der Waals surface area contributed by atoms with E-state index in [1.807, 2.05) is 13.8 Å². The molecular formula is C20H23F2N3O2. The number of benzene rings is 2. The van der Waals surface area contributed by atoms with Crippen LogP contribution in [0.1, 0.15) is 27.2 Å². The molecule has 7 heteroatoms. The highest BCUT2D eigenvalue weighted by Crippen LogP contribution is 2.19. The lowest BCUT2D eigenvalue weighted by Crippen LogP contribution is -2.32. The Morgan fingerprint density at radius 2 is 1.44 bits per heavy atom. The molecule has 0 saturated heterocycles. The molecule has 0 aliphatic rings. The van der Waals surface area contributed by atoms with Gasteiger partial charge in [0.05, 0.1) is 0 Å². The zero-order valence-electron chi connectivity index (χ0n) is 15.5. The molecule has 1 atom stereocenters. The van der Waals surface area contributed by atoms with E-state index >= 15 is 0 Å². The number of hydrogen-bond donors (Lipinski definition) is 3. The predicted molar refractivity (Wildman–Crippen MR) is 103 cm³/mol. The highest BCUT2D eigenvalue weighted by molar-refractivity contribution is 5.96. The minimum Gasteiger partial charge on any atom is -0.374 e. The summed E-state index contributed by atoms with van der Waals surface area (Å²) in [7, 11) is 0. The van der Waals surface area contributed by atoms with Gasteiger partial charge in [-0.25, -0.2) is 8.78 Å². The van der Waals surface area contributed by atoms with Crippen molar-refractivity contribution < 1.29 is 18.4 Å². The van der Waals surface area contributed by atoms with E-state index in [1.54, 1.807) is 31.2 Å². The first-order valence-electron chi connectivity index (χ1n) is 8.67. The van der Waals surface area contributed by atoms with Gasteiger partial charge >= 0.3 is 0 Å². The largest absolute Gasteiger partial charge is 0.374 e. The molecule has 2 rings (SSSR count). The van der Waals surface area contributed by atoms with E-state index in [9.17, 15) is 18.4 Å². The molecule has 144 valence electrons. The lowest BCUT2D eigenvalue weighted by molar-refractivity contribution is -0.117. The van der Waals surface area contributed by atoms with Crippen molar-refractivity contribution >= 4 is 28.9 Å². The maximum Gasteiger partial charge on any atom is 0.246 e. The van der Waals surface area contributed by atoms with Crippen molar-refractivity contribution in [3.63, 3.8) is 0 Å². The maximum atomic E-state index is 13.6. The Kier molecular flexibility index (Phi) is 6.87. The highest BCUT2D eigenvalue weighted by Gasteiger charge is 2.17. The molecule has 0 heterocycles. The van der Waals surface area contributed by atoms with Gasteiger partial charge in [0.1, 0.15) is 23.4 Å². The summed E-state index contributed by atoms with van der Waals surface area (Å²) in [5.74, 6) is -2.04. The minimum absolute atomic E-state index is 0.0645. The number of carbonyl (C=O) groups is 2. The summed E-state index contributed by atoms with van der Waals surface area (Å²) in [6, 6.07) is 9.47. The Morgan fingerprint density at radius 1 is 0.889 bits per heavy atom. The van der Waals surface area contributed by atoms with E-state index in [1.165, 1.54) is 6.07 Å². The fourth-order valence-corrected chi connectivity index (χ4v) is 2.40. The van der Waals surface area contributed by atoms with Gasteiger partial charge in [0, 0.05) is 17.8 Å². The average Bonchev–Trinajstić information content (AvgIpc) is 2.59. The van der Waals surface area contributed by atoms with Crippen molar-refractivity contribution in [2.75, 3.05) is 16.0 Å². The van der Waals surface area contributed by atoms with Crippen molar-refractivity contribution in [1.29, 1.82) is 0 Å². The van der Waals surface area contributed by atoms with Crippen LogP contribution in [-0.2, 0) is 9.59 Å². The summed E-state index contributed by atoms with van der Waals surface area (Å²) in [5.41, 5.74) is 0.810. The predicted octanol–water partition coefficient (Wildman–Crippen LogP) is 4.39. The average molecular weight is 375 g/mol. The van der Waals surface area contributed by atoms with Crippen molar-refractivity contribution in [3.8, 4) is 0 Å². The SMILES string of the molecule is CC(C)CC(=O)Nc1ccc(NC(C)C(=O)Nc2c(F)cccc2F)cc1. The number of amides is 2. The summed E-state index contributed by atoms with van der Waals surface area (Å²) in [6.45, 7) is 5.50. The second kappa shape index (κ2) is 9.12. The van der Waals surface area contributed by atoms with Crippen LogP contribution in [0.3, 0.4) is 0 Å². The third kappa shape index (κ3) is 6.06. The molecule has 2 amide bonds. The molecule has 0 fully saturated rings. The van der Waals surface area contributed by atoms with Crippen molar-refractivity contribution in [3.05, 3.63) is 54.1 Å². The molecule has 27 heavy (non-hydrogen) atoms. The first-order valence-corrected chi connectivity index (χ1v) is 8.67. The molecule has 3 N–H and O–H groups in total. The zero-order valence-corrected chi connectivity index (χ0v) is 15.5. The van der Waals surface area contributed by atoms with E-state index in [4.69, 9.17) is 0 Å². The Bertz CT molecular complexity index is 787. The smallest absolute Gasteiger partial charge is 0.246 e. The van der Waals surface area contributed by atoms with Gasteiger partial charge in [0.2, 0.25) is 11.8 Å². The normalized spacial score (nSPS) is 11.8. The third-order valence-corrected chi connectivity index (χ3v) is 3.75. The molecule has 1 unspecified atom stereocenters. The second-order valence-corrected chi connectivity index (χ2v) is 6.68. The number of hydrogen-bond acceptors (Lipinski definition) is 3. The zero-order chi connectivity index (χ0) is 20.0. The third-order valence-electron chi connectivity index (χ3n) is 3.75. The van der Waals surface area contributed by atoms with E-state index in [2.05, 4.69) is 16.0 Å². The van der Waals surface area contributed by atoms with Crippen LogP contribution in [0.4, 0.5) is 25.8 Å². The summed E-state index contributed by atoms with van der Waals surface area (Å²) < 4.78 is 27.2. The second-order valence-electron chi connectivity index (χ2n) is 6.68. The highest BCUT2D eigenvalue weighted by atomic mass is 19.1.